The lowest BCUT2D eigenvalue weighted by atomic mass is 10.1. The predicted molar refractivity (Wildman–Crippen MR) is 104 cm³/mol. The van der Waals surface area contributed by atoms with Crippen molar-refractivity contribution in [1.82, 2.24) is 15.2 Å². The van der Waals surface area contributed by atoms with Gasteiger partial charge in [0.05, 0.1) is 13.2 Å². The number of benzene rings is 1. The summed E-state index contributed by atoms with van der Waals surface area (Å²) in [6.07, 6.45) is 5.17. The molecule has 0 radical (unpaired) electrons. The zero-order chi connectivity index (χ0) is 17.8. The summed E-state index contributed by atoms with van der Waals surface area (Å²) in [6.45, 7) is 2.85. The van der Waals surface area contributed by atoms with Crippen LogP contribution in [0.4, 0.5) is 0 Å². The highest BCUT2D eigenvalue weighted by Crippen LogP contribution is 2.27. The smallest absolute Gasteiger partial charge is 0.276 e. The largest absolute Gasteiger partial charge is 0.493 e. The van der Waals surface area contributed by atoms with Crippen LogP contribution in [-0.2, 0) is 11.3 Å². The van der Waals surface area contributed by atoms with Crippen molar-refractivity contribution >= 4 is 45.2 Å². The van der Waals surface area contributed by atoms with Crippen LogP contribution in [0, 0.1) is 0 Å². The average Bonchev–Trinajstić information content (AvgIpc) is 2.86. The number of aromatic nitrogens is 1. The molecule has 25 heavy (non-hydrogen) atoms. The zero-order valence-corrected chi connectivity index (χ0v) is 15.9. The molecule has 2 aromatic rings. The van der Waals surface area contributed by atoms with E-state index in [0.717, 1.165) is 15.6 Å². The van der Waals surface area contributed by atoms with E-state index in [1.807, 2.05) is 37.3 Å². The SMILES string of the molecule is CCOc1ccc(Br)cc1/C=C1/NC(=S)N(Cc2cccnc2)C1=O. The number of carbonyl (C=O) groups is 1. The number of nitrogens with zero attached hydrogens (tertiary/aromatic N) is 2. The van der Waals surface area contributed by atoms with Gasteiger partial charge in [-0.2, -0.15) is 0 Å². The lowest BCUT2D eigenvalue weighted by Crippen LogP contribution is -2.30. The monoisotopic (exact) mass is 417 g/mol. The number of ether oxygens (including phenoxy) is 1. The summed E-state index contributed by atoms with van der Waals surface area (Å²) in [5.41, 5.74) is 2.14. The molecule has 5 nitrogen and oxygen atoms in total. The van der Waals surface area contributed by atoms with Crippen LogP contribution in [-0.4, -0.2) is 27.5 Å². The van der Waals surface area contributed by atoms with Gasteiger partial charge in [-0.05, 0) is 55.0 Å². The first-order valence-corrected chi connectivity index (χ1v) is 8.94. The normalized spacial score (nSPS) is 15.6. The molecule has 0 saturated carbocycles. The molecule has 1 aliphatic rings. The zero-order valence-electron chi connectivity index (χ0n) is 13.5. The molecular weight excluding hydrogens is 402 g/mol. The molecular formula is C18H16BrN3O2S. The van der Waals surface area contributed by atoms with Gasteiger partial charge in [0.15, 0.2) is 5.11 Å². The Hall–Kier alpha value is -2.25. The number of rotatable bonds is 5. The number of halogens is 1. The van der Waals surface area contributed by atoms with Crippen LogP contribution in [0.2, 0.25) is 0 Å². The molecule has 7 heteroatoms. The molecule has 1 saturated heterocycles. The van der Waals surface area contributed by atoms with Gasteiger partial charge in [0.2, 0.25) is 0 Å². The van der Waals surface area contributed by atoms with E-state index in [1.54, 1.807) is 18.5 Å². The van der Waals surface area contributed by atoms with Gasteiger partial charge in [0.1, 0.15) is 11.4 Å². The van der Waals surface area contributed by atoms with Crippen molar-refractivity contribution in [3.8, 4) is 5.75 Å². The van der Waals surface area contributed by atoms with Gasteiger partial charge in [-0.25, -0.2) is 0 Å². The molecule has 2 heterocycles. The summed E-state index contributed by atoms with van der Waals surface area (Å²) in [4.78, 5) is 18.3. The van der Waals surface area contributed by atoms with Crippen molar-refractivity contribution < 1.29 is 9.53 Å². The third-order valence-corrected chi connectivity index (χ3v) is 4.41. The second kappa shape index (κ2) is 7.76. The van der Waals surface area contributed by atoms with Crippen LogP contribution in [0.15, 0.2) is 52.9 Å². The van der Waals surface area contributed by atoms with Gasteiger partial charge < -0.3 is 10.1 Å². The van der Waals surface area contributed by atoms with E-state index in [2.05, 4.69) is 26.2 Å². The van der Waals surface area contributed by atoms with Crippen LogP contribution < -0.4 is 10.1 Å². The number of carbonyl (C=O) groups excluding carboxylic acids is 1. The van der Waals surface area contributed by atoms with Gasteiger partial charge in [0.25, 0.3) is 5.91 Å². The molecule has 128 valence electrons. The van der Waals surface area contributed by atoms with E-state index >= 15 is 0 Å². The molecule has 1 fully saturated rings. The van der Waals surface area contributed by atoms with Crippen molar-refractivity contribution in [3.63, 3.8) is 0 Å². The van der Waals surface area contributed by atoms with Crippen molar-refractivity contribution in [3.05, 3.63) is 64.0 Å². The second-order valence-corrected chi connectivity index (χ2v) is 6.66. The van der Waals surface area contributed by atoms with Crippen molar-refractivity contribution in [2.45, 2.75) is 13.5 Å². The summed E-state index contributed by atoms with van der Waals surface area (Å²) in [5.74, 6) is 0.542. The summed E-state index contributed by atoms with van der Waals surface area (Å²) in [6, 6.07) is 9.41. The third kappa shape index (κ3) is 4.05. The Morgan fingerprint density at radius 2 is 2.24 bits per heavy atom. The van der Waals surface area contributed by atoms with Crippen LogP contribution in [0.5, 0.6) is 5.75 Å². The average molecular weight is 418 g/mol. The first-order valence-electron chi connectivity index (χ1n) is 7.74. The van der Waals surface area contributed by atoms with Gasteiger partial charge >= 0.3 is 0 Å². The fourth-order valence-electron chi connectivity index (χ4n) is 2.46. The number of nitrogens with one attached hydrogen (secondary N) is 1. The maximum atomic E-state index is 12.7. The Morgan fingerprint density at radius 1 is 1.40 bits per heavy atom. The molecule has 1 aromatic carbocycles. The Bertz CT molecular complexity index is 839. The number of amides is 1. The minimum absolute atomic E-state index is 0.170. The minimum Gasteiger partial charge on any atom is -0.493 e. The Kier molecular flexibility index (Phi) is 5.45. The van der Waals surface area contributed by atoms with Crippen LogP contribution in [0.3, 0.4) is 0 Å². The minimum atomic E-state index is -0.170. The van der Waals surface area contributed by atoms with Crippen LogP contribution in [0.25, 0.3) is 6.08 Å². The number of hydrogen-bond donors (Lipinski definition) is 1. The van der Waals surface area contributed by atoms with E-state index in [0.29, 0.717) is 29.7 Å². The number of hydrogen-bond acceptors (Lipinski definition) is 4. The Balaban J connectivity index is 1.87. The Labute approximate surface area is 159 Å². The van der Waals surface area contributed by atoms with E-state index < -0.39 is 0 Å². The number of thiocarbonyl (C=S) groups is 1. The highest BCUT2D eigenvalue weighted by Gasteiger charge is 2.30. The first kappa shape index (κ1) is 17.6. The summed E-state index contributed by atoms with van der Waals surface area (Å²) < 4.78 is 6.53. The molecule has 0 unspecified atom stereocenters. The van der Waals surface area contributed by atoms with Gasteiger partial charge in [-0.3, -0.25) is 14.7 Å². The lowest BCUT2D eigenvalue weighted by molar-refractivity contribution is -0.122. The summed E-state index contributed by atoms with van der Waals surface area (Å²) >= 11 is 8.76. The molecule has 0 bridgehead atoms. The fourth-order valence-corrected chi connectivity index (χ4v) is 3.10. The van der Waals surface area contributed by atoms with Gasteiger partial charge in [-0.1, -0.05) is 22.0 Å². The van der Waals surface area contributed by atoms with Gasteiger partial charge in [-0.15, -0.1) is 0 Å². The van der Waals surface area contributed by atoms with E-state index in [4.69, 9.17) is 17.0 Å². The maximum absolute atomic E-state index is 12.7. The van der Waals surface area contributed by atoms with Crippen molar-refractivity contribution in [2.24, 2.45) is 0 Å². The molecule has 0 spiro atoms. The Morgan fingerprint density at radius 3 is 2.96 bits per heavy atom. The lowest BCUT2D eigenvalue weighted by Gasteiger charge is -2.13. The van der Waals surface area contributed by atoms with Crippen molar-refractivity contribution in [1.29, 1.82) is 0 Å². The fraction of sp³-hybridized carbons (Fsp3) is 0.167. The second-order valence-electron chi connectivity index (χ2n) is 5.36. The van der Waals surface area contributed by atoms with Crippen molar-refractivity contribution in [2.75, 3.05) is 6.61 Å². The molecule has 1 aliphatic heterocycles. The molecule has 0 aliphatic carbocycles. The number of pyridine rings is 1. The summed E-state index contributed by atoms with van der Waals surface area (Å²) in [7, 11) is 0. The maximum Gasteiger partial charge on any atom is 0.276 e. The highest BCUT2D eigenvalue weighted by molar-refractivity contribution is 9.10. The molecule has 1 aromatic heterocycles. The predicted octanol–water partition coefficient (Wildman–Crippen LogP) is 3.50. The first-order chi connectivity index (χ1) is 12.1. The van der Waals surface area contributed by atoms with E-state index in [-0.39, 0.29) is 5.91 Å². The van der Waals surface area contributed by atoms with E-state index in [1.165, 1.54) is 4.90 Å². The van der Waals surface area contributed by atoms with Crippen LogP contribution in [0.1, 0.15) is 18.1 Å². The third-order valence-electron chi connectivity index (χ3n) is 3.60. The standard InChI is InChI=1S/C18H16BrN3O2S/c1-2-24-16-6-5-14(19)8-13(16)9-15-17(23)22(18(25)21-15)11-12-4-3-7-20-10-12/h3-10H,2,11H2,1H3,(H,21,25)/b15-9+. The highest BCUT2D eigenvalue weighted by atomic mass is 79.9. The van der Waals surface area contributed by atoms with Crippen LogP contribution >= 0.6 is 28.1 Å². The summed E-state index contributed by atoms with van der Waals surface area (Å²) in [5, 5.41) is 3.37. The molecule has 0 atom stereocenters. The molecule has 1 amide bonds. The van der Waals surface area contributed by atoms with E-state index in [9.17, 15) is 4.79 Å². The topological polar surface area (TPSA) is 54.5 Å². The molecule has 3 rings (SSSR count). The molecule has 1 N–H and O–H groups in total. The van der Waals surface area contributed by atoms with Gasteiger partial charge in [0, 0.05) is 22.4 Å². The quantitative estimate of drug-likeness (QED) is 0.595.